The van der Waals surface area contributed by atoms with E-state index >= 15 is 0 Å². The van der Waals surface area contributed by atoms with Gasteiger partial charge in [-0.1, -0.05) is 84.7 Å². The van der Waals surface area contributed by atoms with Crippen LogP contribution in [0.4, 0.5) is 0 Å². The summed E-state index contributed by atoms with van der Waals surface area (Å²) < 4.78 is 0. The number of carbonyl (C=O) groups is 9. The molecule has 81 heavy (non-hydrogen) atoms. The van der Waals surface area contributed by atoms with Crippen molar-refractivity contribution in [2.45, 2.75) is 167 Å². The number of hydrogen-bond donors (Lipinski definition) is 13. The average molecular weight is 1130 g/mol. The van der Waals surface area contributed by atoms with Gasteiger partial charge in [-0.2, -0.15) is 0 Å². The number of aliphatic carboxylic acids is 1. The maximum absolute atomic E-state index is 14.7. The maximum Gasteiger partial charge on any atom is 0.326 e. The lowest BCUT2D eigenvalue weighted by molar-refractivity contribution is -0.142. The van der Waals surface area contributed by atoms with Gasteiger partial charge in [0.05, 0.1) is 42.1 Å². The number of amides is 8. The van der Waals surface area contributed by atoms with E-state index in [0.717, 1.165) is 0 Å². The summed E-state index contributed by atoms with van der Waals surface area (Å²) in [5.74, 6) is -7.94. The number of nitrogens with one attached hydrogen (secondary N) is 10. The molecule has 26 heteroatoms. The van der Waals surface area contributed by atoms with Crippen LogP contribution in [0.1, 0.15) is 109 Å². The minimum atomic E-state index is -1.38. The smallest absolute Gasteiger partial charge is 0.326 e. The third kappa shape index (κ3) is 19.6. The van der Waals surface area contributed by atoms with E-state index in [0.29, 0.717) is 61.3 Å². The molecule has 3 aromatic heterocycles. The van der Waals surface area contributed by atoms with Crippen LogP contribution in [0.2, 0.25) is 0 Å². The molecule has 8 amide bonds. The Morgan fingerprint density at radius 3 is 1.67 bits per heavy atom. The van der Waals surface area contributed by atoms with Crippen LogP contribution in [0, 0.1) is 17.8 Å². The van der Waals surface area contributed by atoms with Crippen LogP contribution in [0.25, 0.3) is 0 Å². The van der Waals surface area contributed by atoms with Crippen molar-refractivity contribution in [3.8, 4) is 0 Å². The molecule has 0 aliphatic carbocycles. The molecule has 0 radical (unpaired) electrons. The average Bonchev–Trinajstić information content (AvgIpc) is 4.31. The molecule has 1 aliphatic rings. The number of unbranched alkanes of at least 4 members (excludes halogenated alkanes) is 1. The highest BCUT2D eigenvalue weighted by Crippen LogP contribution is 2.21. The first-order chi connectivity index (χ1) is 38.7. The van der Waals surface area contributed by atoms with Crippen LogP contribution >= 0.6 is 0 Å². The van der Waals surface area contributed by atoms with Crippen molar-refractivity contribution in [2.24, 2.45) is 29.2 Å². The molecule has 15 N–H and O–H groups in total. The lowest BCUT2D eigenvalue weighted by atomic mass is 9.95. The minimum Gasteiger partial charge on any atom is -0.480 e. The fourth-order valence-corrected chi connectivity index (χ4v) is 9.44. The van der Waals surface area contributed by atoms with Crippen LogP contribution in [0.15, 0.2) is 67.9 Å². The highest BCUT2D eigenvalue weighted by molar-refractivity contribution is 5.98. The Hall–Kier alpha value is -8.00. The first-order valence-corrected chi connectivity index (χ1v) is 27.8. The second-order valence-corrected chi connectivity index (χ2v) is 21.4. The predicted octanol–water partition coefficient (Wildman–Crippen LogP) is -0.200. The molecule has 1 aliphatic heterocycles. The van der Waals surface area contributed by atoms with E-state index in [1.807, 2.05) is 20.8 Å². The van der Waals surface area contributed by atoms with Gasteiger partial charge in [0, 0.05) is 50.8 Å². The van der Waals surface area contributed by atoms with Crippen molar-refractivity contribution in [1.29, 1.82) is 0 Å². The van der Waals surface area contributed by atoms with Crippen LogP contribution in [0.5, 0.6) is 0 Å². The Morgan fingerprint density at radius 2 is 1.14 bits per heavy atom. The Bertz CT molecular complexity index is 2650. The summed E-state index contributed by atoms with van der Waals surface area (Å²) in [5, 5.41) is 29.2. The molecule has 0 unspecified atom stereocenters. The number of likely N-dealkylation sites (tertiary alicyclic amines) is 1. The summed E-state index contributed by atoms with van der Waals surface area (Å²) in [6.07, 6.45) is 11.4. The molecule has 10 atom stereocenters. The van der Waals surface area contributed by atoms with E-state index in [2.05, 4.69) is 67.1 Å². The molecule has 0 saturated carbocycles. The molecule has 1 fully saturated rings. The van der Waals surface area contributed by atoms with Crippen LogP contribution in [0.3, 0.4) is 0 Å². The monoisotopic (exact) mass is 1130 g/mol. The van der Waals surface area contributed by atoms with E-state index in [1.54, 1.807) is 57.3 Å². The maximum atomic E-state index is 14.7. The molecular weight excluding hydrogens is 1040 g/mol. The van der Waals surface area contributed by atoms with Crippen LogP contribution < -0.4 is 48.7 Å². The van der Waals surface area contributed by atoms with Crippen molar-refractivity contribution < 1.29 is 48.3 Å². The molecule has 0 spiro atoms. The van der Waals surface area contributed by atoms with Gasteiger partial charge in [0.2, 0.25) is 47.3 Å². The lowest BCUT2D eigenvalue weighted by Crippen LogP contribution is -2.62. The first-order valence-electron chi connectivity index (χ1n) is 27.8. The number of carboxylic acid groups (broad SMARTS) is 1. The number of aromatic nitrogens is 6. The number of rotatable bonds is 33. The van der Waals surface area contributed by atoms with Gasteiger partial charge < -0.3 is 73.6 Å². The minimum absolute atomic E-state index is 0.00566. The second kappa shape index (κ2) is 31.7. The van der Waals surface area contributed by atoms with E-state index in [4.69, 9.17) is 11.5 Å². The topological polar surface area (TPSA) is 399 Å². The molecule has 442 valence electrons. The summed E-state index contributed by atoms with van der Waals surface area (Å²) in [6, 6.07) is -1.93. The fraction of sp³-hybridized carbons (Fsp3) is 0.564. The Kier molecular flexibility index (Phi) is 25.0. The van der Waals surface area contributed by atoms with Gasteiger partial charge in [-0.3, -0.25) is 38.4 Å². The van der Waals surface area contributed by atoms with Gasteiger partial charge in [0.15, 0.2) is 0 Å². The SMILES string of the molecule is CC[C@H](C)[C@H](NC(=O)[C@@H](NC(=O)[C@H](CC(C)C)NC(=O)[C@H](Cc1c[nH]cn1)NC(=O)[C@H](Cc1ccccc1)NC(=O)[C@@H]1CCCN1C(=O)[C@H](Cc1c[nH]cn1)NC(=O)[C@@H](N)CCCCN)C(C)C)C(=O)N[C@@H](Cc1c[nH]cn1)C(=O)O. The third-order valence-corrected chi connectivity index (χ3v) is 14.2. The molecular formula is C55H82N16O10. The number of aromatic amines is 3. The van der Waals surface area contributed by atoms with Crippen molar-refractivity contribution in [3.63, 3.8) is 0 Å². The van der Waals surface area contributed by atoms with Gasteiger partial charge in [0.1, 0.15) is 48.3 Å². The summed E-state index contributed by atoms with van der Waals surface area (Å²) in [7, 11) is 0. The van der Waals surface area contributed by atoms with Gasteiger partial charge in [-0.25, -0.2) is 19.7 Å². The highest BCUT2D eigenvalue weighted by atomic mass is 16.4. The molecule has 1 saturated heterocycles. The summed E-state index contributed by atoms with van der Waals surface area (Å²) >= 11 is 0. The Labute approximate surface area is 471 Å². The van der Waals surface area contributed by atoms with E-state index < -0.39 is 119 Å². The van der Waals surface area contributed by atoms with Crippen molar-refractivity contribution in [1.82, 2.24) is 72.0 Å². The molecule has 5 rings (SSSR count). The number of hydrogen-bond acceptors (Lipinski definition) is 14. The summed E-state index contributed by atoms with van der Waals surface area (Å²) in [4.78, 5) is 148. The fourth-order valence-electron chi connectivity index (χ4n) is 9.44. The number of nitrogens with two attached hydrogens (primary N) is 2. The predicted molar refractivity (Wildman–Crippen MR) is 298 cm³/mol. The number of H-pyrrole nitrogens is 3. The molecule has 1 aromatic carbocycles. The van der Waals surface area contributed by atoms with Crippen molar-refractivity contribution >= 4 is 53.2 Å². The van der Waals surface area contributed by atoms with Crippen molar-refractivity contribution in [3.05, 3.63) is 90.5 Å². The second-order valence-electron chi connectivity index (χ2n) is 21.4. The van der Waals surface area contributed by atoms with E-state index in [1.165, 1.54) is 36.3 Å². The first kappa shape index (κ1) is 63.8. The number of benzene rings is 1. The largest absolute Gasteiger partial charge is 0.480 e. The zero-order valence-electron chi connectivity index (χ0n) is 47.0. The lowest BCUT2D eigenvalue weighted by Gasteiger charge is -2.31. The van der Waals surface area contributed by atoms with E-state index in [9.17, 15) is 48.3 Å². The third-order valence-electron chi connectivity index (χ3n) is 14.2. The quantitative estimate of drug-likeness (QED) is 0.0275. The summed E-state index contributed by atoms with van der Waals surface area (Å²) in [5.41, 5.74) is 13.8. The Balaban J connectivity index is 1.35. The van der Waals surface area contributed by atoms with Crippen molar-refractivity contribution in [2.75, 3.05) is 13.1 Å². The summed E-state index contributed by atoms with van der Waals surface area (Å²) in [6.45, 7) is 11.2. The molecule has 26 nitrogen and oxygen atoms in total. The standard InChI is InChI=1S/C55H82N16O10/c1-7-33(6)46(53(78)68-43(55(80)81)24-37-27-60-30-63-37)70-52(77)45(32(4)5)69-50(75)39(20-31(2)3)64-49(74)41(22-35-25-58-28-61-35)65-48(73)40(21-34-14-9-8-10-15-34)66-51(76)44-17-13-19-71(44)54(79)42(23-36-26-59-29-62-36)67-47(72)38(57)16-11-12-18-56/h8-10,14-15,25-33,38-46H,7,11-13,16-24,56-57H2,1-6H3,(H,58,61)(H,59,62)(H,60,63)(H,64,74)(H,65,73)(H,66,76)(H,67,72)(H,68,78)(H,69,75)(H,70,77)(H,80,81)/t33-,38-,39-,40-,41-,42-,43-,44-,45-,46-/m0/s1. The molecule has 4 heterocycles. The number of nitrogens with zero attached hydrogens (tertiary/aromatic N) is 4. The highest BCUT2D eigenvalue weighted by Gasteiger charge is 2.41. The zero-order chi connectivity index (χ0) is 59.2. The normalized spacial score (nSPS) is 16.6. The van der Waals surface area contributed by atoms with Gasteiger partial charge in [-0.05, 0) is 62.0 Å². The van der Waals surface area contributed by atoms with E-state index in [-0.39, 0.29) is 51.0 Å². The molecule has 0 bridgehead atoms. The van der Waals surface area contributed by atoms with Gasteiger partial charge in [-0.15, -0.1) is 0 Å². The van der Waals surface area contributed by atoms with Crippen LogP contribution in [-0.2, 0) is 68.8 Å². The van der Waals surface area contributed by atoms with Crippen LogP contribution in [-0.4, -0.2) is 161 Å². The Morgan fingerprint density at radius 1 is 0.630 bits per heavy atom. The number of carboxylic acids is 1. The zero-order valence-corrected chi connectivity index (χ0v) is 47.0. The molecule has 4 aromatic rings. The number of imidazole rings is 3. The number of carbonyl (C=O) groups excluding carboxylic acids is 8. The van der Waals surface area contributed by atoms with Gasteiger partial charge >= 0.3 is 5.97 Å². The van der Waals surface area contributed by atoms with Gasteiger partial charge in [0.25, 0.3) is 0 Å².